The second kappa shape index (κ2) is 9.79. The second-order valence-electron chi connectivity index (χ2n) is 8.17. The molecule has 6 nitrogen and oxygen atoms in total. The number of anilines is 1. The Morgan fingerprint density at radius 2 is 1.87 bits per heavy atom. The minimum absolute atomic E-state index is 0.143. The molecule has 2 N–H and O–H groups in total. The van der Waals surface area contributed by atoms with Crippen LogP contribution in [0.1, 0.15) is 30.9 Å². The Kier molecular flexibility index (Phi) is 6.67. The normalized spacial score (nSPS) is 14.1. The summed E-state index contributed by atoms with van der Waals surface area (Å²) in [5.41, 5.74) is 3.25. The number of carbonyl (C=O) groups is 1. The monoisotopic (exact) mass is 418 g/mol. The number of pyridine rings is 1. The average Bonchev–Trinajstić information content (AvgIpc) is 3.31. The quantitative estimate of drug-likeness (QED) is 0.604. The molecule has 2 heterocycles. The van der Waals surface area contributed by atoms with Gasteiger partial charge in [-0.05, 0) is 73.6 Å². The summed E-state index contributed by atoms with van der Waals surface area (Å²) in [6.07, 6.45) is 3.35. The van der Waals surface area contributed by atoms with E-state index in [4.69, 9.17) is 0 Å². The first-order valence-corrected chi connectivity index (χ1v) is 11.1. The summed E-state index contributed by atoms with van der Waals surface area (Å²) < 4.78 is 0. The molecule has 1 aliphatic rings. The molecule has 0 atom stereocenters. The second-order valence-corrected chi connectivity index (χ2v) is 8.17. The summed E-state index contributed by atoms with van der Waals surface area (Å²) in [5, 5.41) is 3.97. The SMILES string of the molecule is CCc1ccc2[nH]c(=O)c(CN(CCN3CCCC3)C(=O)Nc3ccccc3)cc2c1. The molecule has 2 amide bonds. The molecule has 31 heavy (non-hydrogen) atoms. The molecule has 162 valence electrons. The maximum absolute atomic E-state index is 13.1. The number of urea groups is 1. The predicted molar refractivity (Wildman–Crippen MR) is 125 cm³/mol. The molecule has 1 aliphatic heterocycles. The number of rotatable bonds is 7. The van der Waals surface area contributed by atoms with Gasteiger partial charge in [0.2, 0.25) is 0 Å². The van der Waals surface area contributed by atoms with Gasteiger partial charge in [-0.25, -0.2) is 4.79 Å². The fourth-order valence-electron chi connectivity index (χ4n) is 4.09. The molecule has 1 aromatic heterocycles. The van der Waals surface area contributed by atoms with Crippen molar-refractivity contribution >= 4 is 22.6 Å². The lowest BCUT2D eigenvalue weighted by molar-refractivity contribution is 0.197. The Bertz CT molecular complexity index is 1090. The van der Waals surface area contributed by atoms with Gasteiger partial charge in [0, 0.05) is 29.9 Å². The third-order valence-corrected chi connectivity index (χ3v) is 5.95. The average molecular weight is 419 g/mol. The Hall–Kier alpha value is -3.12. The first-order chi connectivity index (χ1) is 15.1. The Morgan fingerprint density at radius 1 is 1.10 bits per heavy atom. The van der Waals surface area contributed by atoms with Crippen LogP contribution in [0.4, 0.5) is 10.5 Å². The van der Waals surface area contributed by atoms with Gasteiger partial charge >= 0.3 is 6.03 Å². The van der Waals surface area contributed by atoms with Crippen molar-refractivity contribution in [3.63, 3.8) is 0 Å². The fraction of sp³-hybridized carbons (Fsp3) is 0.360. The van der Waals surface area contributed by atoms with Crippen LogP contribution >= 0.6 is 0 Å². The van der Waals surface area contributed by atoms with E-state index in [0.29, 0.717) is 12.1 Å². The molecule has 0 saturated carbocycles. The van der Waals surface area contributed by atoms with Gasteiger partial charge in [-0.1, -0.05) is 31.2 Å². The van der Waals surface area contributed by atoms with Gasteiger partial charge in [0.05, 0.1) is 6.54 Å². The van der Waals surface area contributed by atoms with Gasteiger partial charge in [0.25, 0.3) is 5.56 Å². The van der Waals surface area contributed by atoms with E-state index >= 15 is 0 Å². The first kappa shape index (κ1) is 21.1. The number of amides is 2. The van der Waals surface area contributed by atoms with Gasteiger partial charge < -0.3 is 20.1 Å². The van der Waals surface area contributed by atoms with E-state index < -0.39 is 0 Å². The van der Waals surface area contributed by atoms with Gasteiger partial charge in [0.1, 0.15) is 0 Å². The Labute approximate surface area is 182 Å². The number of likely N-dealkylation sites (tertiary alicyclic amines) is 1. The predicted octanol–water partition coefficient (Wildman–Crippen LogP) is 4.22. The summed E-state index contributed by atoms with van der Waals surface area (Å²) in [4.78, 5) is 32.9. The number of H-pyrrole nitrogens is 1. The van der Waals surface area contributed by atoms with E-state index in [1.165, 1.54) is 18.4 Å². The number of nitrogens with one attached hydrogen (secondary N) is 2. The van der Waals surface area contributed by atoms with E-state index in [9.17, 15) is 9.59 Å². The van der Waals surface area contributed by atoms with Crippen molar-refractivity contribution in [1.82, 2.24) is 14.8 Å². The summed E-state index contributed by atoms with van der Waals surface area (Å²) in [7, 11) is 0. The molecule has 0 spiro atoms. The van der Waals surface area contributed by atoms with Crippen LogP contribution in [0.25, 0.3) is 10.9 Å². The number of hydrogen-bond acceptors (Lipinski definition) is 3. The summed E-state index contributed by atoms with van der Waals surface area (Å²) in [5.74, 6) is 0. The zero-order chi connectivity index (χ0) is 21.6. The number of nitrogens with zero attached hydrogens (tertiary/aromatic N) is 2. The van der Waals surface area contributed by atoms with Crippen molar-refractivity contribution in [1.29, 1.82) is 0 Å². The molecule has 1 fully saturated rings. The van der Waals surface area contributed by atoms with Crippen molar-refractivity contribution in [2.45, 2.75) is 32.7 Å². The van der Waals surface area contributed by atoms with Crippen molar-refractivity contribution in [2.24, 2.45) is 0 Å². The highest BCUT2D eigenvalue weighted by Crippen LogP contribution is 2.16. The van der Waals surface area contributed by atoms with Crippen molar-refractivity contribution < 1.29 is 4.79 Å². The minimum atomic E-state index is -0.188. The van der Waals surface area contributed by atoms with Gasteiger partial charge in [0.15, 0.2) is 0 Å². The highest BCUT2D eigenvalue weighted by Gasteiger charge is 2.19. The topological polar surface area (TPSA) is 68.4 Å². The van der Waals surface area contributed by atoms with Crippen molar-refractivity contribution in [3.8, 4) is 0 Å². The van der Waals surface area contributed by atoms with E-state index in [-0.39, 0.29) is 18.1 Å². The number of aryl methyl sites for hydroxylation is 1. The van der Waals surface area contributed by atoms with Crippen LogP contribution in [0.5, 0.6) is 0 Å². The molecule has 6 heteroatoms. The number of carbonyl (C=O) groups excluding carboxylic acids is 1. The van der Waals surface area contributed by atoms with Gasteiger partial charge in [-0.15, -0.1) is 0 Å². The molecule has 4 rings (SSSR count). The molecule has 0 unspecified atom stereocenters. The van der Waals surface area contributed by atoms with Crippen LogP contribution in [0.15, 0.2) is 59.4 Å². The van der Waals surface area contributed by atoms with E-state index in [1.807, 2.05) is 48.5 Å². The standard InChI is InChI=1S/C25H30N4O2/c1-2-19-10-11-23-20(16-19)17-21(24(30)27-23)18-29(15-14-28-12-6-7-13-28)25(31)26-22-8-4-3-5-9-22/h3-5,8-11,16-17H,2,6-7,12-15,18H2,1H3,(H,26,31)(H,27,30). The minimum Gasteiger partial charge on any atom is -0.322 e. The highest BCUT2D eigenvalue weighted by molar-refractivity contribution is 5.89. The number of hydrogen-bond donors (Lipinski definition) is 2. The van der Waals surface area contributed by atoms with Crippen LogP contribution in [-0.4, -0.2) is 47.0 Å². The number of fused-ring (bicyclic) bond motifs is 1. The zero-order valence-electron chi connectivity index (χ0n) is 18.1. The van der Waals surface area contributed by atoms with Crippen LogP contribution in [0.3, 0.4) is 0 Å². The Balaban J connectivity index is 1.57. The van der Waals surface area contributed by atoms with Gasteiger partial charge in [-0.2, -0.15) is 0 Å². The molecular weight excluding hydrogens is 388 g/mol. The van der Waals surface area contributed by atoms with Crippen molar-refractivity contribution in [2.75, 3.05) is 31.5 Å². The summed E-state index contributed by atoms with van der Waals surface area (Å²) in [6.45, 7) is 5.92. The lowest BCUT2D eigenvalue weighted by Crippen LogP contribution is -2.41. The summed E-state index contributed by atoms with van der Waals surface area (Å²) >= 11 is 0. The first-order valence-electron chi connectivity index (χ1n) is 11.1. The number of aromatic amines is 1. The number of para-hydroxylation sites is 1. The van der Waals surface area contributed by atoms with Crippen LogP contribution in [0, 0.1) is 0 Å². The van der Waals surface area contributed by atoms with Gasteiger partial charge in [-0.3, -0.25) is 4.79 Å². The molecule has 2 aromatic carbocycles. The third-order valence-electron chi connectivity index (χ3n) is 5.95. The number of aromatic nitrogens is 1. The molecule has 0 radical (unpaired) electrons. The fourth-order valence-corrected chi connectivity index (χ4v) is 4.09. The molecule has 0 bridgehead atoms. The maximum Gasteiger partial charge on any atom is 0.322 e. The largest absolute Gasteiger partial charge is 0.322 e. The highest BCUT2D eigenvalue weighted by atomic mass is 16.2. The molecular formula is C25H30N4O2. The number of benzene rings is 2. The lowest BCUT2D eigenvalue weighted by atomic mass is 10.1. The Morgan fingerprint density at radius 3 is 2.61 bits per heavy atom. The third kappa shape index (κ3) is 5.33. The molecule has 1 saturated heterocycles. The van der Waals surface area contributed by atoms with Crippen LogP contribution in [-0.2, 0) is 13.0 Å². The van der Waals surface area contributed by atoms with E-state index in [0.717, 1.165) is 42.6 Å². The lowest BCUT2D eigenvalue weighted by Gasteiger charge is -2.26. The van der Waals surface area contributed by atoms with E-state index in [2.05, 4.69) is 28.2 Å². The molecule has 0 aliphatic carbocycles. The van der Waals surface area contributed by atoms with Crippen LogP contribution < -0.4 is 10.9 Å². The van der Waals surface area contributed by atoms with E-state index in [1.54, 1.807) is 4.90 Å². The van der Waals surface area contributed by atoms with Crippen molar-refractivity contribution in [3.05, 3.63) is 76.1 Å². The maximum atomic E-state index is 13.1. The molecule has 3 aromatic rings. The summed E-state index contributed by atoms with van der Waals surface area (Å²) in [6, 6.07) is 17.3. The van der Waals surface area contributed by atoms with Crippen LogP contribution in [0.2, 0.25) is 0 Å². The smallest absolute Gasteiger partial charge is 0.322 e. The zero-order valence-corrected chi connectivity index (χ0v) is 18.1.